The lowest BCUT2D eigenvalue weighted by atomic mass is 9.94. The maximum absolute atomic E-state index is 12.9. The van der Waals surface area contributed by atoms with Crippen molar-refractivity contribution in [1.82, 2.24) is 4.98 Å². The lowest BCUT2D eigenvalue weighted by molar-refractivity contribution is -0.0553. The molecule has 2 rings (SSSR count). The minimum atomic E-state index is -0.448. The molecule has 0 aliphatic carbocycles. The largest absolute Gasteiger partial charge is 0.375 e. The Hall–Kier alpha value is -1.16. The molecule has 88 valence electrons. The van der Waals surface area contributed by atoms with Crippen LogP contribution in [-0.4, -0.2) is 23.2 Å². The van der Waals surface area contributed by atoms with E-state index in [1.54, 1.807) is 12.1 Å². The third-order valence-electron chi connectivity index (χ3n) is 2.76. The SMILES string of the molecule is CC1(C)CC(Nc2cccc(F)n2)CCO1. The zero-order valence-corrected chi connectivity index (χ0v) is 9.66. The summed E-state index contributed by atoms with van der Waals surface area (Å²) in [7, 11) is 0. The monoisotopic (exact) mass is 224 g/mol. The number of nitrogens with zero attached hydrogens (tertiary/aromatic N) is 1. The Morgan fingerprint density at radius 1 is 1.50 bits per heavy atom. The van der Waals surface area contributed by atoms with Crippen LogP contribution in [0.1, 0.15) is 26.7 Å². The van der Waals surface area contributed by atoms with E-state index in [-0.39, 0.29) is 5.60 Å². The summed E-state index contributed by atoms with van der Waals surface area (Å²) in [6.07, 6.45) is 1.84. The minimum absolute atomic E-state index is 0.108. The third kappa shape index (κ3) is 2.92. The molecule has 1 aromatic rings. The zero-order valence-electron chi connectivity index (χ0n) is 9.66. The van der Waals surface area contributed by atoms with Gasteiger partial charge in [0.15, 0.2) is 0 Å². The van der Waals surface area contributed by atoms with Gasteiger partial charge in [0.2, 0.25) is 5.95 Å². The van der Waals surface area contributed by atoms with Crippen LogP contribution in [0, 0.1) is 5.95 Å². The summed E-state index contributed by atoms with van der Waals surface area (Å²) in [4.78, 5) is 3.80. The second-order valence-corrected chi connectivity index (χ2v) is 4.79. The molecule has 3 nitrogen and oxygen atoms in total. The summed E-state index contributed by atoms with van der Waals surface area (Å²) in [5, 5.41) is 3.25. The second kappa shape index (κ2) is 4.37. The van der Waals surface area contributed by atoms with Crippen molar-refractivity contribution in [2.45, 2.75) is 38.3 Å². The molecule has 16 heavy (non-hydrogen) atoms. The molecular weight excluding hydrogens is 207 g/mol. The fraction of sp³-hybridized carbons (Fsp3) is 0.583. The van der Waals surface area contributed by atoms with Crippen molar-refractivity contribution in [3.05, 3.63) is 24.1 Å². The molecule has 0 amide bonds. The number of ether oxygens (including phenoxy) is 1. The molecule has 1 aliphatic heterocycles. The van der Waals surface area contributed by atoms with Crippen LogP contribution < -0.4 is 5.32 Å². The highest BCUT2D eigenvalue weighted by atomic mass is 19.1. The molecule has 0 aromatic carbocycles. The molecule has 1 atom stereocenters. The van der Waals surface area contributed by atoms with Crippen LogP contribution in [0.3, 0.4) is 0 Å². The van der Waals surface area contributed by atoms with E-state index in [0.29, 0.717) is 11.9 Å². The molecule has 0 bridgehead atoms. The Morgan fingerprint density at radius 3 is 3.00 bits per heavy atom. The van der Waals surface area contributed by atoms with E-state index < -0.39 is 5.95 Å². The number of anilines is 1. The molecule has 1 aromatic heterocycles. The summed E-state index contributed by atoms with van der Waals surface area (Å²) >= 11 is 0. The van der Waals surface area contributed by atoms with Gasteiger partial charge in [0, 0.05) is 12.6 Å². The van der Waals surface area contributed by atoms with E-state index in [9.17, 15) is 4.39 Å². The van der Waals surface area contributed by atoms with E-state index >= 15 is 0 Å². The van der Waals surface area contributed by atoms with Crippen LogP contribution in [0.2, 0.25) is 0 Å². The first-order valence-corrected chi connectivity index (χ1v) is 5.58. The maximum atomic E-state index is 12.9. The highest BCUT2D eigenvalue weighted by Crippen LogP contribution is 2.25. The standard InChI is InChI=1S/C12H17FN2O/c1-12(2)8-9(6-7-16-12)14-11-5-3-4-10(13)15-11/h3-5,9H,6-8H2,1-2H3,(H,14,15). The fourth-order valence-corrected chi connectivity index (χ4v) is 2.05. The van der Waals surface area contributed by atoms with Gasteiger partial charge >= 0.3 is 0 Å². The first kappa shape index (κ1) is 11.3. The fourth-order valence-electron chi connectivity index (χ4n) is 2.05. The first-order chi connectivity index (χ1) is 7.55. The molecule has 1 unspecified atom stereocenters. The van der Waals surface area contributed by atoms with Crippen molar-refractivity contribution in [3.63, 3.8) is 0 Å². The van der Waals surface area contributed by atoms with Crippen LogP contribution in [-0.2, 0) is 4.74 Å². The Labute approximate surface area is 95.0 Å². The van der Waals surface area contributed by atoms with E-state index in [1.165, 1.54) is 6.07 Å². The molecular formula is C12H17FN2O. The van der Waals surface area contributed by atoms with Gasteiger partial charge in [0.05, 0.1) is 5.60 Å². The number of aromatic nitrogens is 1. The van der Waals surface area contributed by atoms with Crippen LogP contribution in [0.4, 0.5) is 10.2 Å². The highest BCUT2D eigenvalue weighted by molar-refractivity contribution is 5.35. The van der Waals surface area contributed by atoms with Crippen molar-refractivity contribution in [3.8, 4) is 0 Å². The molecule has 4 heteroatoms. The molecule has 0 saturated carbocycles. The van der Waals surface area contributed by atoms with Crippen LogP contribution in [0.15, 0.2) is 18.2 Å². The number of hydrogen-bond donors (Lipinski definition) is 1. The van der Waals surface area contributed by atoms with Gasteiger partial charge in [-0.2, -0.15) is 4.39 Å². The molecule has 1 saturated heterocycles. The van der Waals surface area contributed by atoms with Gasteiger partial charge in [0.1, 0.15) is 5.82 Å². The summed E-state index contributed by atoms with van der Waals surface area (Å²) in [5.41, 5.74) is -0.108. The Bertz CT molecular complexity index is 368. The van der Waals surface area contributed by atoms with Gasteiger partial charge in [-0.1, -0.05) is 6.07 Å². The van der Waals surface area contributed by atoms with E-state index in [1.807, 2.05) is 0 Å². The predicted octanol–water partition coefficient (Wildman–Crippen LogP) is 2.59. The minimum Gasteiger partial charge on any atom is -0.375 e. The molecule has 1 aliphatic rings. The lowest BCUT2D eigenvalue weighted by Crippen LogP contribution is -2.40. The predicted molar refractivity (Wildman–Crippen MR) is 60.9 cm³/mol. The number of halogens is 1. The van der Waals surface area contributed by atoms with Gasteiger partial charge in [0.25, 0.3) is 0 Å². The van der Waals surface area contributed by atoms with Crippen molar-refractivity contribution in [2.75, 3.05) is 11.9 Å². The van der Waals surface area contributed by atoms with Crippen molar-refractivity contribution < 1.29 is 9.13 Å². The van der Waals surface area contributed by atoms with Crippen molar-refractivity contribution in [1.29, 1.82) is 0 Å². The van der Waals surface area contributed by atoms with Gasteiger partial charge in [-0.05, 0) is 38.8 Å². The zero-order chi connectivity index (χ0) is 11.6. The van der Waals surface area contributed by atoms with Crippen LogP contribution >= 0.6 is 0 Å². The Kier molecular flexibility index (Phi) is 3.10. The molecule has 0 spiro atoms. The third-order valence-corrected chi connectivity index (χ3v) is 2.76. The van der Waals surface area contributed by atoms with Crippen molar-refractivity contribution >= 4 is 5.82 Å². The number of pyridine rings is 1. The quantitative estimate of drug-likeness (QED) is 0.784. The Morgan fingerprint density at radius 2 is 2.31 bits per heavy atom. The second-order valence-electron chi connectivity index (χ2n) is 4.79. The summed E-state index contributed by atoms with van der Waals surface area (Å²) in [6, 6.07) is 5.10. The van der Waals surface area contributed by atoms with Gasteiger partial charge in [-0.15, -0.1) is 0 Å². The smallest absolute Gasteiger partial charge is 0.214 e. The van der Waals surface area contributed by atoms with Crippen molar-refractivity contribution in [2.24, 2.45) is 0 Å². The van der Waals surface area contributed by atoms with E-state index in [2.05, 4.69) is 24.1 Å². The van der Waals surface area contributed by atoms with Gasteiger partial charge in [-0.3, -0.25) is 0 Å². The van der Waals surface area contributed by atoms with E-state index in [0.717, 1.165) is 19.4 Å². The first-order valence-electron chi connectivity index (χ1n) is 5.58. The van der Waals surface area contributed by atoms with Crippen LogP contribution in [0.5, 0.6) is 0 Å². The van der Waals surface area contributed by atoms with Gasteiger partial charge < -0.3 is 10.1 Å². The molecule has 0 radical (unpaired) electrons. The number of hydrogen-bond acceptors (Lipinski definition) is 3. The normalized spacial score (nSPS) is 24.1. The van der Waals surface area contributed by atoms with Gasteiger partial charge in [-0.25, -0.2) is 4.98 Å². The summed E-state index contributed by atoms with van der Waals surface area (Å²) in [5.74, 6) is 0.152. The molecule has 1 fully saturated rings. The highest BCUT2D eigenvalue weighted by Gasteiger charge is 2.28. The Balaban J connectivity index is 1.99. The average Bonchev–Trinajstić information content (AvgIpc) is 2.15. The number of nitrogens with one attached hydrogen (secondary N) is 1. The average molecular weight is 224 g/mol. The van der Waals surface area contributed by atoms with Crippen LogP contribution in [0.25, 0.3) is 0 Å². The summed E-state index contributed by atoms with van der Waals surface area (Å²) in [6.45, 7) is 4.87. The topological polar surface area (TPSA) is 34.2 Å². The lowest BCUT2D eigenvalue weighted by Gasteiger charge is -2.36. The number of rotatable bonds is 2. The maximum Gasteiger partial charge on any atom is 0.214 e. The molecule has 1 N–H and O–H groups in total. The summed E-state index contributed by atoms with van der Waals surface area (Å²) < 4.78 is 18.5. The van der Waals surface area contributed by atoms with E-state index in [4.69, 9.17) is 4.74 Å². The molecule has 2 heterocycles.